The van der Waals surface area contributed by atoms with Gasteiger partial charge in [0, 0.05) is 5.75 Å². The van der Waals surface area contributed by atoms with Gasteiger partial charge in [0.05, 0.1) is 5.75 Å². The number of benzene rings is 1. The molecule has 0 aliphatic carbocycles. The molecule has 1 aromatic rings. The first-order valence-corrected chi connectivity index (χ1v) is 8.02. The average molecular weight is 272 g/mol. The van der Waals surface area contributed by atoms with Gasteiger partial charge >= 0.3 is 0 Å². The summed E-state index contributed by atoms with van der Waals surface area (Å²) in [5.41, 5.74) is 2.29. The zero-order valence-electron chi connectivity index (χ0n) is 9.50. The Morgan fingerprint density at radius 2 is 1.94 bits per heavy atom. The monoisotopic (exact) mass is 272 g/mol. The van der Waals surface area contributed by atoms with Crippen LogP contribution in [0.5, 0.6) is 0 Å². The summed E-state index contributed by atoms with van der Waals surface area (Å²) < 4.78 is 29.5. The first kappa shape index (κ1) is 14.3. The van der Waals surface area contributed by atoms with Crippen LogP contribution in [0.25, 0.3) is 6.08 Å². The Kier molecular flexibility index (Phi) is 5.74. The lowest BCUT2D eigenvalue weighted by molar-refractivity contribution is 0.482. The minimum absolute atomic E-state index is 0.157. The largest absolute Gasteiger partial charge is 0.286 e. The number of thioether (sulfide) groups is 1. The van der Waals surface area contributed by atoms with Gasteiger partial charge in [0.2, 0.25) is 0 Å². The van der Waals surface area contributed by atoms with Gasteiger partial charge in [-0.15, -0.1) is 0 Å². The van der Waals surface area contributed by atoms with Crippen molar-refractivity contribution in [1.29, 1.82) is 0 Å². The third-order valence-electron chi connectivity index (χ3n) is 2.18. The molecule has 0 atom stereocenters. The second kappa shape index (κ2) is 6.83. The molecule has 0 spiro atoms. The highest BCUT2D eigenvalue weighted by molar-refractivity contribution is 7.98. The Balaban J connectivity index is 2.24. The van der Waals surface area contributed by atoms with E-state index in [0.717, 1.165) is 17.1 Å². The van der Waals surface area contributed by atoms with E-state index in [1.54, 1.807) is 17.8 Å². The summed E-state index contributed by atoms with van der Waals surface area (Å²) in [6.07, 6.45) is 2.28. The third kappa shape index (κ3) is 6.51. The maximum Gasteiger partial charge on any atom is 0.264 e. The maximum atomic E-state index is 10.5. The lowest BCUT2D eigenvalue weighted by Crippen LogP contribution is -2.04. The lowest BCUT2D eigenvalue weighted by atomic mass is 10.1. The predicted octanol–water partition coefficient (Wildman–Crippen LogP) is 2.84. The molecule has 1 N–H and O–H groups in total. The van der Waals surface area contributed by atoms with Crippen LogP contribution in [0.2, 0.25) is 0 Å². The molecule has 0 heterocycles. The SMILES string of the molecule is C=Cc1ccc(CSCCCS(=O)(=O)O)cc1. The van der Waals surface area contributed by atoms with Crippen LogP contribution in [0.1, 0.15) is 17.5 Å². The molecule has 1 rings (SSSR count). The van der Waals surface area contributed by atoms with Crippen molar-refractivity contribution in [3.8, 4) is 0 Å². The highest BCUT2D eigenvalue weighted by Crippen LogP contribution is 2.14. The fraction of sp³-hybridized carbons (Fsp3) is 0.333. The van der Waals surface area contributed by atoms with Gasteiger partial charge < -0.3 is 0 Å². The molecule has 0 bridgehead atoms. The third-order valence-corrected chi connectivity index (χ3v) is 4.09. The zero-order chi connectivity index (χ0) is 12.7. The second-order valence-electron chi connectivity index (χ2n) is 3.64. The molecule has 0 saturated heterocycles. The van der Waals surface area contributed by atoms with Gasteiger partial charge in [-0.25, -0.2) is 0 Å². The van der Waals surface area contributed by atoms with Crippen molar-refractivity contribution in [3.05, 3.63) is 42.0 Å². The molecule has 0 fully saturated rings. The van der Waals surface area contributed by atoms with Crippen molar-refractivity contribution >= 4 is 28.0 Å². The molecule has 1 aromatic carbocycles. The van der Waals surface area contributed by atoms with Crippen molar-refractivity contribution < 1.29 is 13.0 Å². The molecule has 5 heteroatoms. The van der Waals surface area contributed by atoms with E-state index in [0.29, 0.717) is 6.42 Å². The quantitative estimate of drug-likeness (QED) is 0.612. The number of rotatable bonds is 7. The molecule has 0 radical (unpaired) electrons. The Bertz CT molecular complexity index is 449. The standard InChI is InChI=1S/C12H16O3S2/c1-2-11-4-6-12(7-5-11)10-16-8-3-9-17(13,14)15/h2,4-7H,1,3,8-10H2,(H,13,14,15). The lowest BCUT2D eigenvalue weighted by Gasteiger charge is -2.02. The molecule has 94 valence electrons. The van der Waals surface area contributed by atoms with Crippen LogP contribution in [-0.2, 0) is 15.9 Å². The van der Waals surface area contributed by atoms with E-state index in [2.05, 4.69) is 6.58 Å². The molecule has 17 heavy (non-hydrogen) atoms. The molecule has 0 aliphatic rings. The van der Waals surface area contributed by atoms with Gasteiger partial charge in [-0.3, -0.25) is 4.55 Å². The highest BCUT2D eigenvalue weighted by Gasteiger charge is 2.03. The Morgan fingerprint density at radius 3 is 2.47 bits per heavy atom. The summed E-state index contributed by atoms with van der Waals surface area (Å²) in [4.78, 5) is 0. The van der Waals surface area contributed by atoms with E-state index in [-0.39, 0.29) is 5.75 Å². The molecule has 0 saturated carbocycles. The molecular formula is C12H16O3S2. The first-order valence-electron chi connectivity index (χ1n) is 5.25. The van der Waals surface area contributed by atoms with Crippen LogP contribution in [0.15, 0.2) is 30.8 Å². The summed E-state index contributed by atoms with van der Waals surface area (Å²) in [7, 11) is -3.80. The predicted molar refractivity (Wildman–Crippen MR) is 73.7 cm³/mol. The number of hydrogen-bond acceptors (Lipinski definition) is 3. The van der Waals surface area contributed by atoms with Gasteiger partial charge in [-0.1, -0.05) is 36.9 Å². The van der Waals surface area contributed by atoms with Gasteiger partial charge in [0.25, 0.3) is 10.1 Å². The Hall–Kier alpha value is -0.780. The Labute approximate surface area is 107 Å². The van der Waals surface area contributed by atoms with E-state index in [1.807, 2.05) is 24.3 Å². The van der Waals surface area contributed by atoms with Crippen LogP contribution in [0, 0.1) is 0 Å². The Morgan fingerprint density at radius 1 is 1.29 bits per heavy atom. The van der Waals surface area contributed by atoms with E-state index < -0.39 is 10.1 Å². The van der Waals surface area contributed by atoms with E-state index in [1.165, 1.54) is 5.56 Å². The fourth-order valence-electron chi connectivity index (χ4n) is 1.28. The summed E-state index contributed by atoms with van der Waals surface area (Å²) >= 11 is 1.66. The molecule has 0 aromatic heterocycles. The molecule has 0 unspecified atom stereocenters. The van der Waals surface area contributed by atoms with Crippen molar-refractivity contribution in [2.45, 2.75) is 12.2 Å². The van der Waals surface area contributed by atoms with E-state index in [4.69, 9.17) is 4.55 Å². The minimum Gasteiger partial charge on any atom is -0.286 e. The van der Waals surface area contributed by atoms with Crippen LogP contribution in [0.4, 0.5) is 0 Å². The maximum absolute atomic E-state index is 10.5. The summed E-state index contributed by atoms with van der Waals surface area (Å²) in [6.45, 7) is 3.68. The topological polar surface area (TPSA) is 54.4 Å². The first-order chi connectivity index (χ1) is 8.01. The van der Waals surface area contributed by atoms with Crippen LogP contribution >= 0.6 is 11.8 Å². The van der Waals surface area contributed by atoms with Crippen LogP contribution < -0.4 is 0 Å². The van der Waals surface area contributed by atoms with Crippen LogP contribution in [-0.4, -0.2) is 24.5 Å². The minimum atomic E-state index is -3.80. The van der Waals surface area contributed by atoms with E-state index >= 15 is 0 Å². The van der Waals surface area contributed by atoms with Gasteiger partial charge in [-0.2, -0.15) is 20.2 Å². The molecular weight excluding hydrogens is 256 g/mol. The van der Waals surface area contributed by atoms with Crippen LogP contribution in [0.3, 0.4) is 0 Å². The van der Waals surface area contributed by atoms with E-state index in [9.17, 15) is 8.42 Å². The summed E-state index contributed by atoms with van der Waals surface area (Å²) in [5, 5.41) is 0. The second-order valence-corrected chi connectivity index (χ2v) is 6.32. The molecule has 3 nitrogen and oxygen atoms in total. The normalized spacial score (nSPS) is 11.4. The van der Waals surface area contributed by atoms with Crippen molar-refractivity contribution in [2.24, 2.45) is 0 Å². The highest BCUT2D eigenvalue weighted by atomic mass is 32.2. The smallest absolute Gasteiger partial charge is 0.264 e. The molecule has 0 aliphatic heterocycles. The molecule has 0 amide bonds. The van der Waals surface area contributed by atoms with Gasteiger partial charge in [-0.05, 0) is 23.3 Å². The zero-order valence-corrected chi connectivity index (χ0v) is 11.1. The summed E-state index contributed by atoms with van der Waals surface area (Å²) in [6, 6.07) is 8.07. The van der Waals surface area contributed by atoms with Crippen molar-refractivity contribution in [3.63, 3.8) is 0 Å². The fourth-order valence-corrected chi connectivity index (χ4v) is 2.90. The van der Waals surface area contributed by atoms with Crippen molar-refractivity contribution in [1.82, 2.24) is 0 Å². The summed E-state index contributed by atoms with van der Waals surface area (Å²) in [5.74, 6) is 1.42. The number of hydrogen-bond donors (Lipinski definition) is 1. The van der Waals surface area contributed by atoms with Crippen molar-refractivity contribution in [2.75, 3.05) is 11.5 Å². The van der Waals surface area contributed by atoms with Gasteiger partial charge in [0.15, 0.2) is 0 Å². The average Bonchev–Trinajstić information content (AvgIpc) is 2.28. The van der Waals surface area contributed by atoms with Gasteiger partial charge in [0.1, 0.15) is 0 Å².